The molecule has 0 bridgehead atoms. The molecule has 0 unspecified atom stereocenters. The van der Waals surface area contributed by atoms with Crippen molar-refractivity contribution in [1.82, 2.24) is 9.62 Å². The zero-order valence-electron chi connectivity index (χ0n) is 16.8. The zero-order valence-corrected chi connectivity index (χ0v) is 17.6. The molecule has 0 spiro atoms. The number of carbonyl (C=O) groups is 1. The summed E-state index contributed by atoms with van der Waals surface area (Å²) >= 11 is 0. The third kappa shape index (κ3) is 4.23. The van der Waals surface area contributed by atoms with Crippen molar-refractivity contribution in [2.24, 2.45) is 5.92 Å². The second-order valence-corrected chi connectivity index (χ2v) is 10.1. The van der Waals surface area contributed by atoms with Gasteiger partial charge in [-0.2, -0.15) is 4.31 Å². The van der Waals surface area contributed by atoms with Crippen molar-refractivity contribution in [3.05, 3.63) is 65.2 Å². The molecule has 1 fully saturated rings. The van der Waals surface area contributed by atoms with Crippen LogP contribution in [0.25, 0.3) is 0 Å². The number of benzene rings is 2. The molecule has 1 aliphatic heterocycles. The minimum atomic E-state index is -3.56. The van der Waals surface area contributed by atoms with Crippen LogP contribution in [0.3, 0.4) is 0 Å². The summed E-state index contributed by atoms with van der Waals surface area (Å²) in [7, 11) is -3.56. The average molecular weight is 413 g/mol. The van der Waals surface area contributed by atoms with Gasteiger partial charge < -0.3 is 5.32 Å². The Hall–Kier alpha value is -2.18. The quantitative estimate of drug-likeness (QED) is 0.818. The van der Waals surface area contributed by atoms with Crippen LogP contribution in [0.15, 0.2) is 53.4 Å². The number of rotatable bonds is 5. The van der Waals surface area contributed by atoms with Crippen molar-refractivity contribution in [2.75, 3.05) is 13.1 Å². The Bertz CT molecular complexity index is 988. The highest BCUT2D eigenvalue weighted by molar-refractivity contribution is 7.89. The van der Waals surface area contributed by atoms with E-state index in [0.29, 0.717) is 19.4 Å². The summed E-state index contributed by atoms with van der Waals surface area (Å²) in [6.07, 6.45) is 4.86. The van der Waals surface area contributed by atoms with Crippen molar-refractivity contribution < 1.29 is 13.2 Å². The Labute approximate surface area is 173 Å². The van der Waals surface area contributed by atoms with Crippen LogP contribution in [-0.4, -0.2) is 31.7 Å². The van der Waals surface area contributed by atoms with Crippen LogP contribution in [0.4, 0.5) is 0 Å². The lowest BCUT2D eigenvalue weighted by Gasteiger charge is -2.32. The van der Waals surface area contributed by atoms with Gasteiger partial charge in [0.1, 0.15) is 0 Å². The van der Waals surface area contributed by atoms with Crippen LogP contribution >= 0.6 is 0 Å². The van der Waals surface area contributed by atoms with Crippen molar-refractivity contribution >= 4 is 15.9 Å². The van der Waals surface area contributed by atoms with E-state index >= 15 is 0 Å². The Kier molecular flexibility index (Phi) is 5.74. The summed E-state index contributed by atoms with van der Waals surface area (Å²) in [6.45, 7) is 2.69. The van der Waals surface area contributed by atoms with Gasteiger partial charge in [0.25, 0.3) is 0 Å². The summed E-state index contributed by atoms with van der Waals surface area (Å²) < 4.78 is 27.3. The van der Waals surface area contributed by atoms with E-state index in [1.54, 1.807) is 30.3 Å². The molecule has 0 radical (unpaired) electrons. The molecule has 1 saturated heterocycles. The molecule has 4 rings (SSSR count). The normalized spacial score (nSPS) is 20.8. The average Bonchev–Trinajstić information content (AvgIpc) is 3.22. The molecule has 2 atom stereocenters. The second-order valence-electron chi connectivity index (χ2n) is 8.13. The molecular formula is C23H28N2O3S. The number of hydrogen-bond acceptors (Lipinski definition) is 3. The molecule has 2 aromatic carbocycles. The predicted octanol–water partition coefficient (Wildman–Crippen LogP) is 3.45. The molecule has 0 saturated carbocycles. The first-order chi connectivity index (χ1) is 13.9. The third-order valence-electron chi connectivity index (χ3n) is 6.12. The number of piperidine rings is 1. The van der Waals surface area contributed by atoms with Crippen molar-refractivity contribution in [3.63, 3.8) is 0 Å². The Morgan fingerprint density at radius 2 is 1.83 bits per heavy atom. The Morgan fingerprint density at radius 1 is 1.07 bits per heavy atom. The number of carbonyl (C=O) groups excluding carboxylic acids is 1. The largest absolute Gasteiger partial charge is 0.349 e. The fraction of sp³-hybridized carbons (Fsp3) is 0.435. The van der Waals surface area contributed by atoms with Crippen LogP contribution < -0.4 is 5.32 Å². The van der Waals surface area contributed by atoms with Crippen LogP contribution in [0.5, 0.6) is 0 Å². The highest BCUT2D eigenvalue weighted by Crippen LogP contribution is 2.27. The second kappa shape index (κ2) is 8.28. The van der Waals surface area contributed by atoms with E-state index in [1.165, 1.54) is 21.9 Å². The molecule has 1 amide bonds. The molecule has 29 heavy (non-hydrogen) atoms. The lowest BCUT2D eigenvalue weighted by molar-refractivity contribution is -0.126. The predicted molar refractivity (Wildman–Crippen MR) is 113 cm³/mol. The van der Waals surface area contributed by atoms with E-state index in [-0.39, 0.29) is 29.3 Å². The van der Waals surface area contributed by atoms with Crippen LogP contribution in [0, 0.1) is 5.92 Å². The first-order valence-electron chi connectivity index (χ1n) is 10.4. The van der Waals surface area contributed by atoms with Crippen molar-refractivity contribution in [2.45, 2.75) is 50.0 Å². The van der Waals surface area contributed by atoms with Crippen LogP contribution in [0.1, 0.15) is 48.9 Å². The fourth-order valence-corrected chi connectivity index (χ4v) is 5.94. The number of sulfonamides is 1. The molecule has 6 heteroatoms. The van der Waals surface area contributed by atoms with Gasteiger partial charge in [-0.1, -0.05) is 36.4 Å². The maximum Gasteiger partial charge on any atom is 0.243 e. The molecule has 1 aliphatic carbocycles. The fourth-order valence-electron chi connectivity index (χ4n) is 4.39. The summed E-state index contributed by atoms with van der Waals surface area (Å²) in [5.74, 6) is -0.384. The number of amides is 1. The number of fused-ring (bicyclic) bond motifs is 1. The first-order valence-corrected chi connectivity index (χ1v) is 11.9. The van der Waals surface area contributed by atoms with Gasteiger partial charge in [0, 0.05) is 13.1 Å². The minimum absolute atomic E-state index is 0.0639. The number of aryl methyl sites for hydroxylation is 2. The number of hydrogen-bond donors (Lipinski definition) is 1. The van der Waals surface area contributed by atoms with Crippen LogP contribution in [0.2, 0.25) is 0 Å². The van der Waals surface area contributed by atoms with Crippen molar-refractivity contribution in [1.29, 1.82) is 0 Å². The molecule has 154 valence electrons. The zero-order chi connectivity index (χ0) is 20.4. The van der Waals surface area contributed by atoms with Gasteiger partial charge in [0.05, 0.1) is 16.9 Å². The van der Waals surface area contributed by atoms with Crippen LogP contribution in [-0.2, 0) is 27.7 Å². The maximum absolute atomic E-state index is 12.9. The first kappa shape index (κ1) is 20.1. The van der Waals surface area contributed by atoms with Gasteiger partial charge >= 0.3 is 0 Å². The van der Waals surface area contributed by atoms with Gasteiger partial charge in [-0.3, -0.25) is 4.79 Å². The highest BCUT2D eigenvalue weighted by atomic mass is 32.2. The van der Waals surface area contributed by atoms with Gasteiger partial charge in [-0.25, -0.2) is 8.42 Å². The molecule has 5 nitrogen and oxygen atoms in total. The Morgan fingerprint density at radius 3 is 2.62 bits per heavy atom. The van der Waals surface area contributed by atoms with Crippen molar-refractivity contribution in [3.8, 4) is 0 Å². The minimum Gasteiger partial charge on any atom is -0.349 e. The lowest BCUT2D eigenvalue weighted by atomic mass is 9.97. The SMILES string of the molecule is C[C@H](NC(=O)[C@@H]1CCCN(S(=O)(=O)c2ccccc2)C1)c1ccc2c(c1)CCC2. The molecular weight excluding hydrogens is 384 g/mol. The summed E-state index contributed by atoms with van der Waals surface area (Å²) in [5.41, 5.74) is 3.92. The summed E-state index contributed by atoms with van der Waals surface area (Å²) in [5, 5.41) is 3.11. The highest BCUT2D eigenvalue weighted by Gasteiger charge is 2.33. The van der Waals surface area contributed by atoms with E-state index in [1.807, 2.05) is 6.92 Å². The molecule has 1 heterocycles. The monoisotopic (exact) mass is 412 g/mol. The molecule has 1 N–H and O–H groups in total. The van der Waals surface area contributed by atoms with E-state index in [4.69, 9.17) is 0 Å². The standard InChI is InChI=1S/C23H28N2O3S/c1-17(19-13-12-18-7-5-8-20(18)15-19)24-23(26)21-9-6-14-25(16-21)29(27,28)22-10-3-2-4-11-22/h2-4,10-13,15,17,21H,5-9,14,16H2,1H3,(H,24,26)/t17-,21+/m0/s1. The molecule has 2 aliphatic rings. The maximum atomic E-state index is 12.9. The summed E-state index contributed by atoms with van der Waals surface area (Å²) in [6, 6.07) is 14.8. The number of nitrogens with one attached hydrogen (secondary N) is 1. The lowest BCUT2D eigenvalue weighted by Crippen LogP contribution is -2.45. The number of nitrogens with zero attached hydrogens (tertiary/aromatic N) is 1. The third-order valence-corrected chi connectivity index (χ3v) is 8.00. The topological polar surface area (TPSA) is 66.5 Å². The molecule has 2 aromatic rings. The van der Waals surface area contributed by atoms with E-state index in [0.717, 1.165) is 18.4 Å². The Balaban J connectivity index is 1.42. The summed E-state index contributed by atoms with van der Waals surface area (Å²) in [4.78, 5) is 13.2. The van der Waals surface area contributed by atoms with E-state index in [2.05, 4.69) is 23.5 Å². The van der Waals surface area contributed by atoms with Gasteiger partial charge in [-0.05, 0) is 67.9 Å². The van der Waals surface area contributed by atoms with E-state index < -0.39 is 10.0 Å². The molecule has 0 aromatic heterocycles. The van der Waals surface area contributed by atoms with Gasteiger partial charge in [-0.15, -0.1) is 0 Å². The van der Waals surface area contributed by atoms with Gasteiger partial charge in [0.2, 0.25) is 15.9 Å². The smallest absolute Gasteiger partial charge is 0.243 e. The van der Waals surface area contributed by atoms with E-state index in [9.17, 15) is 13.2 Å². The van der Waals surface area contributed by atoms with Gasteiger partial charge in [0.15, 0.2) is 0 Å².